The van der Waals surface area contributed by atoms with Crippen LogP contribution in [0.4, 0.5) is 0 Å². The third kappa shape index (κ3) is 7.67. The average molecular weight is 1020 g/mol. The van der Waals surface area contributed by atoms with E-state index in [1.807, 2.05) is 18.2 Å². The van der Waals surface area contributed by atoms with Gasteiger partial charge in [-0.3, -0.25) is 9.59 Å². The van der Waals surface area contributed by atoms with E-state index in [1.165, 1.54) is 94.6 Å². The summed E-state index contributed by atoms with van der Waals surface area (Å²) >= 11 is 0. The van der Waals surface area contributed by atoms with Gasteiger partial charge in [-0.1, -0.05) is 131 Å². The van der Waals surface area contributed by atoms with Gasteiger partial charge in [0.05, 0.1) is 11.5 Å². The summed E-state index contributed by atoms with van der Waals surface area (Å²) in [5.41, 5.74) is 5.90. The minimum atomic E-state index is -0.371. The van der Waals surface area contributed by atoms with Gasteiger partial charge in [0, 0.05) is 12.3 Å². The topological polar surface area (TPSA) is 72.8 Å². The van der Waals surface area contributed by atoms with E-state index in [0.29, 0.717) is 63.8 Å². The van der Waals surface area contributed by atoms with Crippen LogP contribution in [0.3, 0.4) is 0 Å². The predicted octanol–water partition coefficient (Wildman–Crippen LogP) is 17.3. The molecule has 10 saturated carbocycles. The van der Waals surface area contributed by atoms with Crippen molar-refractivity contribution >= 4 is 11.9 Å². The minimum Gasteiger partial charge on any atom is -0.462 e. The molecule has 10 aliphatic rings. The molecule has 0 unspecified atom stereocenters. The van der Waals surface area contributed by atoms with Gasteiger partial charge in [0.1, 0.15) is 12.7 Å². The average Bonchev–Trinajstić information content (AvgIpc) is 3.91. The van der Waals surface area contributed by atoms with Crippen molar-refractivity contribution in [1.29, 1.82) is 0 Å². The van der Waals surface area contributed by atoms with Crippen molar-refractivity contribution in [2.24, 2.45) is 113 Å². The summed E-state index contributed by atoms with van der Waals surface area (Å²) in [7, 11) is 0. The number of fused-ring (bicyclic) bond motifs is 14. The van der Waals surface area contributed by atoms with Crippen LogP contribution < -0.4 is 0 Å². The number of benzene rings is 1. The molecule has 0 amide bonds. The fourth-order valence-corrected chi connectivity index (χ4v) is 24.2. The zero-order valence-electron chi connectivity index (χ0n) is 49.7. The molecule has 10 aliphatic carbocycles. The zero-order chi connectivity index (χ0) is 53.6. The number of ether oxygens (including phenoxy) is 2. The van der Waals surface area contributed by atoms with E-state index >= 15 is 0 Å². The van der Waals surface area contributed by atoms with Crippen LogP contribution in [-0.2, 0) is 25.7 Å². The van der Waals surface area contributed by atoms with Gasteiger partial charge in [0.2, 0.25) is 0 Å². The quantitative estimate of drug-likeness (QED) is 0.227. The lowest BCUT2D eigenvalue weighted by Gasteiger charge is -2.73. The highest BCUT2D eigenvalue weighted by Gasteiger charge is 2.74. The summed E-state index contributed by atoms with van der Waals surface area (Å²) in [5.74, 6) is 6.31. The standard InChI is InChI=1S/C37H54O3.C32H52O2/c1-24(2)26-15-20-37(32(39)40-23-25-11-9-8-10-12-25)22-21-35(6)27(31(26)37)13-14-29-34(5)18-17-30(38)33(3,4)28(34)16-19-36(29,35)7;1-20(2)22-12-15-29(6)18-19-31(8)23(27(22)29)10-11-25-30(7)16-14-26(34-21(3)33)28(4,5)24(30)13-17-32(25,31)9/h8-12,26-31,38H,1,13-23H2,2-7H3;22-27H,1,10-19H2,2-9H3/t26-,27+,28-,29+,30-,31+,34-,35+,36+,37-;22-,23+,24-,25+,26-,27+,29+,30-,31+,32+/m00/s1. The summed E-state index contributed by atoms with van der Waals surface area (Å²) in [6.07, 6.45) is 24.3. The molecule has 0 bridgehead atoms. The van der Waals surface area contributed by atoms with Crippen LogP contribution in [0.25, 0.3) is 0 Å². The van der Waals surface area contributed by atoms with E-state index in [2.05, 4.69) is 115 Å². The van der Waals surface area contributed by atoms with E-state index in [1.54, 1.807) is 6.92 Å². The van der Waals surface area contributed by atoms with E-state index in [0.717, 1.165) is 74.2 Å². The molecule has 0 aromatic heterocycles. The molecule has 10 fully saturated rings. The predicted molar refractivity (Wildman–Crippen MR) is 301 cm³/mol. The molecule has 1 aromatic carbocycles. The van der Waals surface area contributed by atoms with Crippen LogP contribution in [0.2, 0.25) is 0 Å². The van der Waals surface area contributed by atoms with Gasteiger partial charge in [-0.15, -0.1) is 0 Å². The maximum Gasteiger partial charge on any atom is 0.312 e. The molecule has 412 valence electrons. The summed E-state index contributed by atoms with van der Waals surface area (Å²) < 4.78 is 12.1. The Morgan fingerprint density at radius 3 is 1.61 bits per heavy atom. The largest absolute Gasteiger partial charge is 0.462 e. The Bertz CT molecular complexity index is 2350. The minimum absolute atomic E-state index is 0.0210. The molecule has 11 rings (SSSR count). The van der Waals surface area contributed by atoms with Gasteiger partial charge in [-0.2, -0.15) is 0 Å². The van der Waals surface area contributed by atoms with Crippen molar-refractivity contribution in [1.82, 2.24) is 0 Å². The van der Waals surface area contributed by atoms with Crippen LogP contribution in [-0.4, -0.2) is 29.3 Å². The summed E-state index contributed by atoms with van der Waals surface area (Å²) in [4.78, 5) is 26.0. The first kappa shape index (κ1) is 54.9. The molecule has 20 atom stereocenters. The second-order valence-electron chi connectivity index (χ2n) is 31.6. The molecule has 5 heteroatoms. The van der Waals surface area contributed by atoms with Crippen molar-refractivity contribution < 1.29 is 24.2 Å². The first-order valence-corrected chi connectivity index (χ1v) is 30.9. The molecule has 1 aromatic rings. The lowest BCUT2D eigenvalue weighted by Crippen LogP contribution is -2.67. The molecular weight excluding hydrogens is 909 g/mol. The second-order valence-corrected chi connectivity index (χ2v) is 31.6. The van der Waals surface area contributed by atoms with Crippen molar-refractivity contribution in [3.05, 3.63) is 60.2 Å². The van der Waals surface area contributed by atoms with Crippen LogP contribution in [0.15, 0.2) is 54.6 Å². The smallest absolute Gasteiger partial charge is 0.312 e. The first-order chi connectivity index (χ1) is 34.5. The maximum absolute atomic E-state index is 14.1. The van der Waals surface area contributed by atoms with E-state index < -0.39 is 0 Å². The Morgan fingerprint density at radius 1 is 0.527 bits per heavy atom. The summed E-state index contributed by atoms with van der Waals surface area (Å²) in [6.45, 7) is 43.5. The molecule has 0 radical (unpaired) electrons. The van der Waals surface area contributed by atoms with Gasteiger partial charge in [0.25, 0.3) is 0 Å². The molecule has 1 N–H and O–H groups in total. The Labute approximate surface area is 451 Å². The fourth-order valence-electron chi connectivity index (χ4n) is 24.2. The number of carbonyl (C=O) groups is 2. The second kappa shape index (κ2) is 18.3. The highest BCUT2D eigenvalue weighted by molar-refractivity contribution is 5.78. The number of carbonyl (C=O) groups excluding carboxylic acids is 2. The van der Waals surface area contributed by atoms with Gasteiger partial charge in [-0.05, 0) is 250 Å². The molecular formula is C69H106O5. The third-order valence-electron chi connectivity index (χ3n) is 28.4. The lowest BCUT2D eigenvalue weighted by molar-refractivity contribution is -0.248. The van der Waals surface area contributed by atoms with Crippen LogP contribution in [0.1, 0.15) is 231 Å². The number of hydrogen-bond acceptors (Lipinski definition) is 5. The van der Waals surface area contributed by atoms with Crippen molar-refractivity contribution in [3.8, 4) is 0 Å². The van der Waals surface area contributed by atoms with Crippen molar-refractivity contribution in [2.45, 2.75) is 244 Å². The Balaban J connectivity index is 0.000000172. The molecule has 0 aliphatic heterocycles. The number of aliphatic hydroxyl groups excluding tert-OH is 1. The molecule has 0 heterocycles. The van der Waals surface area contributed by atoms with Gasteiger partial charge < -0.3 is 14.6 Å². The lowest BCUT2D eigenvalue weighted by atomic mass is 9.32. The summed E-state index contributed by atoms with van der Waals surface area (Å²) in [6, 6.07) is 10.2. The number of allylic oxidation sites excluding steroid dienone is 2. The number of esters is 2. The molecule has 0 saturated heterocycles. The Kier molecular flexibility index (Phi) is 13.6. The van der Waals surface area contributed by atoms with Crippen molar-refractivity contribution in [3.63, 3.8) is 0 Å². The molecule has 74 heavy (non-hydrogen) atoms. The molecule has 0 spiro atoms. The maximum atomic E-state index is 14.1. The SMILES string of the molecule is C=C(C)[C@@H]1CC[C@]2(C(=O)OCc3ccccc3)CC[C@]3(C)[C@H](CC[C@@H]4[C@@]5(C)CC[C@H](O)C(C)(C)[C@@H]5CC[C@]43C)[C@@H]12.C=C(C)[C@@H]1CC[C@]2(C)CC[C@]3(C)[C@H](CC[C@@H]4[C@@]5(C)CC[C@H](OC(C)=O)C(C)(C)[C@@H]5CC[C@]43C)[C@@H]12. The Morgan fingerprint density at radius 2 is 1.04 bits per heavy atom. The van der Waals surface area contributed by atoms with Crippen LogP contribution >= 0.6 is 0 Å². The number of hydrogen-bond donors (Lipinski definition) is 1. The number of aliphatic hydroxyl groups is 1. The van der Waals surface area contributed by atoms with E-state index in [4.69, 9.17) is 9.47 Å². The monoisotopic (exact) mass is 1010 g/mol. The highest BCUT2D eigenvalue weighted by atomic mass is 16.5. The van der Waals surface area contributed by atoms with E-state index in [9.17, 15) is 14.7 Å². The van der Waals surface area contributed by atoms with Crippen molar-refractivity contribution in [2.75, 3.05) is 0 Å². The Hall–Kier alpha value is -2.40. The summed E-state index contributed by atoms with van der Waals surface area (Å²) in [5, 5.41) is 11.0. The van der Waals surface area contributed by atoms with Crippen LogP contribution in [0, 0.1) is 113 Å². The normalized spacial score (nSPS) is 50.2. The highest BCUT2D eigenvalue weighted by Crippen LogP contribution is 2.80. The third-order valence-corrected chi connectivity index (χ3v) is 28.4. The molecule has 5 nitrogen and oxygen atoms in total. The first-order valence-electron chi connectivity index (χ1n) is 30.9. The fraction of sp³-hybridized carbons (Fsp3) is 0.826. The van der Waals surface area contributed by atoms with Gasteiger partial charge >= 0.3 is 11.9 Å². The zero-order valence-corrected chi connectivity index (χ0v) is 49.7. The van der Waals surface area contributed by atoms with Crippen LogP contribution in [0.5, 0.6) is 0 Å². The van der Waals surface area contributed by atoms with E-state index in [-0.39, 0.29) is 56.6 Å². The number of rotatable bonds is 6. The van der Waals surface area contributed by atoms with Gasteiger partial charge in [-0.25, -0.2) is 0 Å². The van der Waals surface area contributed by atoms with Gasteiger partial charge in [0.15, 0.2) is 0 Å².